The van der Waals surface area contributed by atoms with Crippen molar-refractivity contribution in [3.63, 3.8) is 0 Å². The molecule has 0 aliphatic heterocycles. The monoisotopic (exact) mass is 398 g/mol. The SMILES string of the molecule is Cc1cc(Nc2ccc(C(F)(F)F)cc2)nc(Nc2ccc(F)c(F)c2F)n1. The zero-order valence-corrected chi connectivity index (χ0v) is 14.2. The molecule has 10 heteroatoms. The largest absolute Gasteiger partial charge is 0.416 e. The average Bonchev–Trinajstić information content (AvgIpc) is 2.61. The molecule has 0 aliphatic carbocycles. The first-order valence-electron chi connectivity index (χ1n) is 7.84. The van der Waals surface area contributed by atoms with Gasteiger partial charge in [-0.1, -0.05) is 0 Å². The molecule has 1 heterocycles. The van der Waals surface area contributed by atoms with Crippen molar-refractivity contribution in [2.24, 2.45) is 0 Å². The van der Waals surface area contributed by atoms with Crippen LogP contribution in [0, 0.1) is 24.4 Å². The maximum absolute atomic E-state index is 13.8. The van der Waals surface area contributed by atoms with Gasteiger partial charge in [-0.05, 0) is 43.3 Å². The number of nitrogens with one attached hydrogen (secondary N) is 2. The molecular formula is C18H12F6N4. The summed E-state index contributed by atoms with van der Waals surface area (Å²) in [5.74, 6) is -4.31. The quantitative estimate of drug-likeness (QED) is 0.437. The zero-order valence-electron chi connectivity index (χ0n) is 14.2. The van der Waals surface area contributed by atoms with Gasteiger partial charge in [-0.25, -0.2) is 18.2 Å². The van der Waals surface area contributed by atoms with E-state index in [9.17, 15) is 26.3 Å². The molecule has 0 bridgehead atoms. The number of rotatable bonds is 4. The van der Waals surface area contributed by atoms with Crippen molar-refractivity contribution in [3.8, 4) is 0 Å². The molecule has 2 N–H and O–H groups in total. The highest BCUT2D eigenvalue weighted by Crippen LogP contribution is 2.30. The molecule has 146 valence electrons. The number of aromatic nitrogens is 2. The smallest absolute Gasteiger partial charge is 0.340 e. The second-order valence-corrected chi connectivity index (χ2v) is 5.77. The average molecular weight is 398 g/mol. The molecule has 0 fully saturated rings. The minimum Gasteiger partial charge on any atom is -0.340 e. The normalized spacial score (nSPS) is 11.4. The summed E-state index contributed by atoms with van der Waals surface area (Å²) in [6.45, 7) is 1.60. The molecular weight excluding hydrogens is 386 g/mol. The molecule has 0 atom stereocenters. The number of benzene rings is 2. The van der Waals surface area contributed by atoms with E-state index in [-0.39, 0.29) is 17.5 Å². The Morgan fingerprint density at radius 3 is 2.14 bits per heavy atom. The Balaban J connectivity index is 1.83. The van der Waals surface area contributed by atoms with Crippen LogP contribution < -0.4 is 10.6 Å². The Hall–Kier alpha value is -3.30. The predicted molar refractivity (Wildman–Crippen MR) is 91.1 cm³/mol. The fourth-order valence-electron chi connectivity index (χ4n) is 2.32. The minimum absolute atomic E-state index is 0.112. The Kier molecular flexibility index (Phi) is 5.12. The molecule has 0 spiro atoms. The van der Waals surface area contributed by atoms with Gasteiger partial charge in [0.1, 0.15) is 5.82 Å². The highest BCUT2D eigenvalue weighted by Gasteiger charge is 2.29. The van der Waals surface area contributed by atoms with Gasteiger partial charge in [0.25, 0.3) is 0 Å². The second-order valence-electron chi connectivity index (χ2n) is 5.77. The maximum atomic E-state index is 13.8. The van der Waals surface area contributed by atoms with Gasteiger partial charge in [0.05, 0.1) is 11.3 Å². The number of hydrogen-bond acceptors (Lipinski definition) is 4. The third kappa shape index (κ3) is 4.33. The van der Waals surface area contributed by atoms with Gasteiger partial charge in [-0.2, -0.15) is 18.2 Å². The lowest BCUT2D eigenvalue weighted by atomic mass is 10.2. The second kappa shape index (κ2) is 7.37. The topological polar surface area (TPSA) is 49.8 Å². The number of nitrogens with zero attached hydrogens (tertiary/aromatic N) is 2. The van der Waals surface area contributed by atoms with E-state index in [0.717, 1.165) is 24.3 Å². The van der Waals surface area contributed by atoms with Crippen LogP contribution in [0.1, 0.15) is 11.3 Å². The summed E-state index contributed by atoms with van der Waals surface area (Å²) < 4.78 is 78.0. The minimum atomic E-state index is -4.45. The lowest BCUT2D eigenvalue weighted by molar-refractivity contribution is -0.137. The van der Waals surface area contributed by atoms with Crippen LogP contribution >= 0.6 is 0 Å². The lowest BCUT2D eigenvalue weighted by Gasteiger charge is -2.12. The van der Waals surface area contributed by atoms with Gasteiger partial charge in [0.15, 0.2) is 17.5 Å². The highest BCUT2D eigenvalue weighted by molar-refractivity contribution is 5.60. The Morgan fingerprint density at radius 1 is 0.821 bits per heavy atom. The van der Waals surface area contributed by atoms with Crippen molar-refractivity contribution in [2.75, 3.05) is 10.6 Å². The van der Waals surface area contributed by atoms with Crippen LogP contribution in [-0.2, 0) is 6.18 Å². The first-order chi connectivity index (χ1) is 13.1. The third-order valence-corrected chi connectivity index (χ3v) is 3.62. The molecule has 28 heavy (non-hydrogen) atoms. The molecule has 0 aliphatic rings. The molecule has 0 radical (unpaired) electrons. The van der Waals surface area contributed by atoms with E-state index in [1.807, 2.05) is 0 Å². The lowest BCUT2D eigenvalue weighted by Crippen LogP contribution is -2.06. The summed E-state index contributed by atoms with van der Waals surface area (Å²) >= 11 is 0. The van der Waals surface area contributed by atoms with Gasteiger partial charge in [0, 0.05) is 17.4 Å². The molecule has 0 saturated carbocycles. The van der Waals surface area contributed by atoms with Crippen molar-refractivity contribution < 1.29 is 26.3 Å². The number of anilines is 4. The first kappa shape index (κ1) is 19.5. The molecule has 3 rings (SSSR count). The van der Waals surface area contributed by atoms with Crippen molar-refractivity contribution in [2.45, 2.75) is 13.1 Å². The summed E-state index contributed by atoms with van der Waals surface area (Å²) in [6.07, 6.45) is -4.45. The van der Waals surface area contributed by atoms with E-state index >= 15 is 0 Å². The van der Waals surface area contributed by atoms with Crippen LogP contribution in [0.25, 0.3) is 0 Å². The van der Waals surface area contributed by atoms with Crippen LogP contribution in [-0.4, -0.2) is 9.97 Å². The van der Waals surface area contributed by atoms with Crippen LogP contribution in [0.5, 0.6) is 0 Å². The molecule has 1 aromatic heterocycles. The Bertz CT molecular complexity index is 1000. The van der Waals surface area contributed by atoms with Gasteiger partial charge in [-0.3, -0.25) is 0 Å². The molecule has 2 aromatic carbocycles. The van der Waals surface area contributed by atoms with Gasteiger partial charge < -0.3 is 10.6 Å². The van der Waals surface area contributed by atoms with E-state index in [1.54, 1.807) is 6.92 Å². The Morgan fingerprint density at radius 2 is 1.50 bits per heavy atom. The maximum Gasteiger partial charge on any atom is 0.416 e. The van der Waals surface area contributed by atoms with Gasteiger partial charge >= 0.3 is 6.18 Å². The Labute approximate surface area is 155 Å². The van der Waals surface area contributed by atoms with Crippen molar-refractivity contribution in [1.82, 2.24) is 9.97 Å². The van der Waals surface area contributed by atoms with Crippen LogP contribution in [0.2, 0.25) is 0 Å². The number of halogens is 6. The molecule has 0 amide bonds. The summed E-state index contributed by atoms with van der Waals surface area (Å²) in [4.78, 5) is 8.07. The number of alkyl halides is 3. The fraction of sp³-hybridized carbons (Fsp3) is 0.111. The molecule has 0 saturated heterocycles. The number of aryl methyl sites for hydroxylation is 1. The molecule has 3 aromatic rings. The molecule has 0 unspecified atom stereocenters. The van der Waals surface area contributed by atoms with E-state index in [2.05, 4.69) is 20.6 Å². The first-order valence-corrected chi connectivity index (χ1v) is 7.84. The standard InChI is InChI=1S/C18H12F6N4/c1-9-8-14(26-11-4-2-10(3-5-11)18(22,23)24)28-17(25-9)27-13-7-6-12(19)15(20)16(13)21/h2-8H,1H3,(H2,25,26,27,28). The third-order valence-electron chi connectivity index (χ3n) is 3.62. The summed E-state index contributed by atoms with van der Waals surface area (Å²) in [5, 5.41) is 5.24. The van der Waals surface area contributed by atoms with E-state index < -0.39 is 29.2 Å². The van der Waals surface area contributed by atoms with Crippen molar-refractivity contribution in [1.29, 1.82) is 0 Å². The highest BCUT2D eigenvalue weighted by atomic mass is 19.4. The van der Waals surface area contributed by atoms with Crippen molar-refractivity contribution in [3.05, 3.63) is 71.2 Å². The molecule has 4 nitrogen and oxygen atoms in total. The predicted octanol–water partition coefficient (Wildman–Crippen LogP) is 5.71. The van der Waals surface area contributed by atoms with Crippen LogP contribution in [0.4, 0.5) is 49.5 Å². The van der Waals surface area contributed by atoms with Crippen LogP contribution in [0.3, 0.4) is 0 Å². The summed E-state index contributed by atoms with van der Waals surface area (Å²) in [7, 11) is 0. The summed E-state index contributed by atoms with van der Waals surface area (Å²) in [6, 6.07) is 7.51. The van der Waals surface area contributed by atoms with E-state index in [4.69, 9.17) is 0 Å². The van der Waals surface area contributed by atoms with Crippen LogP contribution in [0.15, 0.2) is 42.5 Å². The van der Waals surface area contributed by atoms with E-state index in [0.29, 0.717) is 11.4 Å². The number of hydrogen-bond donors (Lipinski definition) is 2. The van der Waals surface area contributed by atoms with Crippen molar-refractivity contribution >= 4 is 23.1 Å². The van der Waals surface area contributed by atoms with Gasteiger partial charge in [0.2, 0.25) is 5.95 Å². The summed E-state index contributed by atoms with van der Waals surface area (Å²) in [5.41, 5.74) is -0.399. The van der Waals surface area contributed by atoms with E-state index in [1.165, 1.54) is 18.2 Å². The zero-order chi connectivity index (χ0) is 20.5. The fourth-order valence-corrected chi connectivity index (χ4v) is 2.32. The van der Waals surface area contributed by atoms with Gasteiger partial charge in [-0.15, -0.1) is 0 Å².